The van der Waals surface area contributed by atoms with Crippen LogP contribution in [0.4, 0.5) is 4.79 Å². The summed E-state index contributed by atoms with van der Waals surface area (Å²) in [6, 6.07) is 13.3. The lowest BCUT2D eigenvalue weighted by atomic mass is 10.0. The van der Waals surface area contributed by atoms with Gasteiger partial charge in [-0.15, -0.1) is 0 Å². The third-order valence-electron chi connectivity index (χ3n) is 4.65. The Morgan fingerprint density at radius 1 is 0.875 bits per heavy atom. The maximum Gasteiger partial charge on any atom is 0.408 e. The van der Waals surface area contributed by atoms with Gasteiger partial charge in [-0.3, -0.25) is 14.8 Å². The van der Waals surface area contributed by atoms with E-state index in [0.717, 1.165) is 5.56 Å². The number of hydroxylamine groups is 1. The molecule has 2 atom stereocenters. The van der Waals surface area contributed by atoms with Gasteiger partial charge in [-0.1, -0.05) is 56.3 Å². The first-order chi connectivity index (χ1) is 15.3. The number of carbonyl (C=O) groups is 3. The molecular weight excluding hydrogens is 414 g/mol. The van der Waals surface area contributed by atoms with Crippen molar-refractivity contribution in [1.82, 2.24) is 16.1 Å². The number of rotatable bonds is 10. The standard InChI is InChI=1S/C23H29N3O6/c1-15(2)12-19(22(29)26-31)24-21(28)20(13-16-8-10-18(27)11-9-16)25-23(30)32-14-17-6-4-3-5-7-17/h3-11,15,19-20,27,31H,12-14H2,1-2H3,(H,24,28)(H,25,30)(H,26,29)/t19-,20-/m0/s1. The van der Waals surface area contributed by atoms with E-state index in [0.29, 0.717) is 12.0 Å². The first kappa shape index (κ1) is 24.7. The van der Waals surface area contributed by atoms with Crippen molar-refractivity contribution >= 4 is 17.9 Å². The number of nitrogens with one attached hydrogen (secondary N) is 3. The second-order valence-corrected chi connectivity index (χ2v) is 7.80. The molecule has 32 heavy (non-hydrogen) atoms. The zero-order valence-electron chi connectivity index (χ0n) is 18.1. The molecule has 0 aromatic heterocycles. The molecule has 0 aliphatic rings. The lowest BCUT2D eigenvalue weighted by Crippen LogP contribution is -2.54. The number of hydrogen-bond donors (Lipinski definition) is 5. The number of hydrogen-bond acceptors (Lipinski definition) is 6. The molecule has 0 saturated carbocycles. The average molecular weight is 444 g/mol. The van der Waals surface area contributed by atoms with Crippen LogP contribution in [-0.2, 0) is 27.4 Å². The quantitative estimate of drug-likeness (QED) is 0.282. The molecule has 172 valence electrons. The van der Waals surface area contributed by atoms with Crippen molar-refractivity contribution < 1.29 is 29.4 Å². The van der Waals surface area contributed by atoms with E-state index in [1.54, 1.807) is 29.7 Å². The Balaban J connectivity index is 2.10. The van der Waals surface area contributed by atoms with Gasteiger partial charge in [-0.05, 0) is 35.6 Å². The van der Waals surface area contributed by atoms with Crippen LogP contribution in [-0.4, -0.2) is 40.3 Å². The topological polar surface area (TPSA) is 137 Å². The molecule has 0 radical (unpaired) electrons. The summed E-state index contributed by atoms with van der Waals surface area (Å²) >= 11 is 0. The summed E-state index contributed by atoms with van der Waals surface area (Å²) in [6.45, 7) is 3.77. The van der Waals surface area contributed by atoms with Gasteiger partial charge in [-0.25, -0.2) is 10.3 Å². The van der Waals surface area contributed by atoms with Crippen molar-refractivity contribution in [3.63, 3.8) is 0 Å². The van der Waals surface area contributed by atoms with Gasteiger partial charge in [0.1, 0.15) is 24.4 Å². The fraction of sp³-hybridized carbons (Fsp3) is 0.348. The normalized spacial score (nSPS) is 12.5. The Bertz CT molecular complexity index is 886. The minimum Gasteiger partial charge on any atom is -0.508 e. The highest BCUT2D eigenvalue weighted by molar-refractivity contribution is 5.91. The third kappa shape index (κ3) is 8.27. The predicted octanol–water partition coefficient (Wildman–Crippen LogP) is 2.27. The van der Waals surface area contributed by atoms with Crippen LogP contribution in [0, 0.1) is 5.92 Å². The van der Waals surface area contributed by atoms with Crippen molar-refractivity contribution in [2.75, 3.05) is 0 Å². The van der Waals surface area contributed by atoms with Crippen LogP contribution in [0.2, 0.25) is 0 Å². The van der Waals surface area contributed by atoms with Crippen LogP contribution >= 0.6 is 0 Å². The number of benzene rings is 2. The van der Waals surface area contributed by atoms with E-state index in [9.17, 15) is 19.5 Å². The Kier molecular flexibility index (Phi) is 9.49. The smallest absolute Gasteiger partial charge is 0.408 e. The van der Waals surface area contributed by atoms with Crippen molar-refractivity contribution in [3.05, 3.63) is 65.7 Å². The van der Waals surface area contributed by atoms with E-state index in [1.165, 1.54) is 12.1 Å². The third-order valence-corrected chi connectivity index (χ3v) is 4.65. The minimum absolute atomic E-state index is 0.0309. The SMILES string of the molecule is CC(C)C[C@H](NC(=O)[C@H](Cc1ccc(O)cc1)NC(=O)OCc1ccccc1)C(=O)NO. The molecule has 0 aliphatic carbocycles. The summed E-state index contributed by atoms with van der Waals surface area (Å²) in [5, 5.41) is 23.6. The van der Waals surface area contributed by atoms with Gasteiger partial charge in [0.2, 0.25) is 5.91 Å². The number of phenolic OH excluding ortho intramolecular Hbond substituents is 1. The van der Waals surface area contributed by atoms with Crippen LogP contribution in [0.15, 0.2) is 54.6 Å². The second kappa shape index (κ2) is 12.3. The molecule has 9 heteroatoms. The van der Waals surface area contributed by atoms with Crippen LogP contribution in [0.5, 0.6) is 5.75 Å². The molecule has 2 aromatic rings. The zero-order chi connectivity index (χ0) is 23.5. The monoisotopic (exact) mass is 443 g/mol. The van der Waals surface area contributed by atoms with Crippen molar-refractivity contribution in [3.8, 4) is 5.75 Å². The fourth-order valence-corrected chi connectivity index (χ4v) is 3.04. The van der Waals surface area contributed by atoms with Gasteiger partial charge in [-0.2, -0.15) is 0 Å². The number of amides is 3. The molecule has 5 N–H and O–H groups in total. The molecule has 2 aromatic carbocycles. The van der Waals surface area contributed by atoms with E-state index in [4.69, 9.17) is 9.94 Å². The summed E-state index contributed by atoms with van der Waals surface area (Å²) < 4.78 is 5.21. The first-order valence-electron chi connectivity index (χ1n) is 10.3. The molecule has 3 amide bonds. The number of carbonyl (C=O) groups excluding carboxylic acids is 3. The molecule has 0 saturated heterocycles. The van der Waals surface area contributed by atoms with Crippen LogP contribution in [0.1, 0.15) is 31.4 Å². The summed E-state index contributed by atoms with van der Waals surface area (Å²) in [6.07, 6.45) is -0.399. The highest BCUT2D eigenvalue weighted by atomic mass is 16.5. The maximum atomic E-state index is 12.9. The average Bonchev–Trinajstić information content (AvgIpc) is 2.78. The second-order valence-electron chi connectivity index (χ2n) is 7.80. The maximum absolute atomic E-state index is 12.9. The summed E-state index contributed by atoms with van der Waals surface area (Å²) in [7, 11) is 0. The Morgan fingerprint density at radius 2 is 1.53 bits per heavy atom. The van der Waals surface area contributed by atoms with Crippen LogP contribution < -0.4 is 16.1 Å². The van der Waals surface area contributed by atoms with Crippen molar-refractivity contribution in [1.29, 1.82) is 0 Å². The van der Waals surface area contributed by atoms with Gasteiger partial charge in [0.05, 0.1) is 0 Å². The lowest BCUT2D eigenvalue weighted by molar-refractivity contribution is -0.135. The largest absolute Gasteiger partial charge is 0.508 e. The van der Waals surface area contributed by atoms with E-state index in [1.807, 2.05) is 32.0 Å². The summed E-state index contributed by atoms with van der Waals surface area (Å²) in [4.78, 5) is 37.3. The fourth-order valence-electron chi connectivity index (χ4n) is 3.04. The Labute approximate surface area is 186 Å². The van der Waals surface area contributed by atoms with Crippen molar-refractivity contribution in [2.24, 2.45) is 5.92 Å². The first-order valence-corrected chi connectivity index (χ1v) is 10.3. The lowest BCUT2D eigenvalue weighted by Gasteiger charge is -2.23. The summed E-state index contributed by atoms with van der Waals surface area (Å²) in [5.41, 5.74) is 3.03. The van der Waals surface area contributed by atoms with Gasteiger partial charge in [0.15, 0.2) is 0 Å². The van der Waals surface area contributed by atoms with Crippen molar-refractivity contribution in [2.45, 2.75) is 45.4 Å². The number of ether oxygens (including phenoxy) is 1. The van der Waals surface area contributed by atoms with E-state index < -0.39 is 30.0 Å². The van der Waals surface area contributed by atoms with Crippen LogP contribution in [0.3, 0.4) is 0 Å². The Hall–Kier alpha value is -3.59. The van der Waals surface area contributed by atoms with Gasteiger partial charge >= 0.3 is 6.09 Å². The highest BCUT2D eigenvalue weighted by Crippen LogP contribution is 2.12. The molecule has 0 heterocycles. The van der Waals surface area contributed by atoms with E-state index >= 15 is 0 Å². The van der Waals surface area contributed by atoms with Gasteiger partial charge < -0.3 is 20.5 Å². The number of phenols is 1. The predicted molar refractivity (Wildman–Crippen MR) is 117 cm³/mol. The molecule has 0 aliphatic heterocycles. The summed E-state index contributed by atoms with van der Waals surface area (Å²) in [5.74, 6) is -1.22. The highest BCUT2D eigenvalue weighted by Gasteiger charge is 2.28. The molecule has 2 rings (SSSR count). The minimum atomic E-state index is -1.05. The zero-order valence-corrected chi connectivity index (χ0v) is 18.1. The number of alkyl carbamates (subject to hydrolysis) is 1. The van der Waals surface area contributed by atoms with Gasteiger partial charge in [0, 0.05) is 6.42 Å². The van der Waals surface area contributed by atoms with Gasteiger partial charge in [0.25, 0.3) is 5.91 Å². The molecule has 0 unspecified atom stereocenters. The van der Waals surface area contributed by atoms with Crippen LogP contribution in [0.25, 0.3) is 0 Å². The molecule has 0 bridgehead atoms. The molecule has 0 spiro atoms. The molecule has 0 fully saturated rings. The number of aromatic hydroxyl groups is 1. The molecular formula is C23H29N3O6. The van der Waals surface area contributed by atoms with E-state index in [-0.39, 0.29) is 24.7 Å². The molecule has 9 nitrogen and oxygen atoms in total. The van der Waals surface area contributed by atoms with E-state index in [2.05, 4.69) is 10.6 Å². The Morgan fingerprint density at radius 3 is 2.12 bits per heavy atom.